The highest BCUT2D eigenvalue weighted by atomic mass is 16.3. The lowest BCUT2D eigenvalue weighted by Crippen LogP contribution is -2.39. The van der Waals surface area contributed by atoms with Gasteiger partial charge in [0.1, 0.15) is 11.5 Å². The predicted octanol–water partition coefficient (Wildman–Crippen LogP) is 2.17. The first-order valence-electron chi connectivity index (χ1n) is 9.56. The zero-order valence-corrected chi connectivity index (χ0v) is 15.3. The average molecular weight is 371 g/mol. The van der Waals surface area contributed by atoms with E-state index < -0.39 is 0 Å². The van der Waals surface area contributed by atoms with E-state index in [1.807, 2.05) is 18.2 Å². The van der Waals surface area contributed by atoms with Gasteiger partial charge in [-0.2, -0.15) is 0 Å². The van der Waals surface area contributed by atoms with Gasteiger partial charge in [0.15, 0.2) is 0 Å². The molecular formula is C20H25N3O4. The summed E-state index contributed by atoms with van der Waals surface area (Å²) in [5, 5.41) is 3.05. The molecule has 0 spiro atoms. The fraction of sp³-hybridized carbons (Fsp3) is 0.500. The zero-order valence-electron chi connectivity index (χ0n) is 15.3. The van der Waals surface area contributed by atoms with Gasteiger partial charge in [-0.15, -0.1) is 0 Å². The maximum atomic E-state index is 12.7. The molecule has 2 aromatic heterocycles. The lowest BCUT2D eigenvalue weighted by atomic mass is 10.1. The fourth-order valence-corrected chi connectivity index (χ4v) is 3.98. The molecule has 0 aromatic carbocycles. The van der Waals surface area contributed by atoms with Crippen LogP contribution in [0.1, 0.15) is 36.8 Å². The third-order valence-electron chi connectivity index (χ3n) is 5.43. The molecule has 2 atom stereocenters. The topological polar surface area (TPSA) is 78.9 Å². The van der Waals surface area contributed by atoms with Crippen LogP contribution >= 0.6 is 0 Å². The zero-order chi connectivity index (χ0) is 18.6. The van der Waals surface area contributed by atoms with E-state index in [2.05, 4.69) is 10.2 Å². The molecule has 144 valence electrons. The van der Waals surface area contributed by atoms with Crippen molar-refractivity contribution in [2.45, 2.75) is 31.8 Å². The van der Waals surface area contributed by atoms with E-state index in [0.29, 0.717) is 19.6 Å². The van der Waals surface area contributed by atoms with Crippen LogP contribution in [-0.2, 0) is 16.1 Å². The molecular weight excluding hydrogens is 346 g/mol. The van der Waals surface area contributed by atoms with Crippen molar-refractivity contribution in [3.05, 3.63) is 48.3 Å². The van der Waals surface area contributed by atoms with E-state index in [4.69, 9.17) is 8.83 Å². The molecule has 0 bridgehead atoms. The Morgan fingerprint density at radius 2 is 1.96 bits per heavy atom. The quantitative estimate of drug-likeness (QED) is 0.807. The van der Waals surface area contributed by atoms with Gasteiger partial charge >= 0.3 is 0 Å². The second-order valence-electron chi connectivity index (χ2n) is 7.27. The van der Waals surface area contributed by atoms with Gasteiger partial charge < -0.3 is 19.1 Å². The minimum atomic E-state index is -0.316. The standard InChI is InChI=1S/C20H25N3O4/c24-19-11-15(13-23(19)14-16-5-3-9-26-16)20(25)21-12-17(18-6-4-10-27-18)22-7-1-2-8-22/h3-6,9-10,15,17H,1-2,7-8,11-14H2,(H,21,25). The van der Waals surface area contributed by atoms with Gasteiger partial charge in [-0.3, -0.25) is 14.5 Å². The lowest BCUT2D eigenvalue weighted by molar-refractivity contribution is -0.129. The van der Waals surface area contributed by atoms with Crippen molar-refractivity contribution in [1.82, 2.24) is 15.1 Å². The second kappa shape index (κ2) is 8.00. The Balaban J connectivity index is 1.33. The summed E-state index contributed by atoms with van der Waals surface area (Å²) >= 11 is 0. The van der Waals surface area contributed by atoms with Crippen molar-refractivity contribution in [1.29, 1.82) is 0 Å². The van der Waals surface area contributed by atoms with Gasteiger partial charge in [-0.1, -0.05) is 0 Å². The smallest absolute Gasteiger partial charge is 0.225 e. The number of nitrogens with one attached hydrogen (secondary N) is 1. The summed E-state index contributed by atoms with van der Waals surface area (Å²) in [6, 6.07) is 7.52. The van der Waals surface area contributed by atoms with Crippen LogP contribution in [0.3, 0.4) is 0 Å². The maximum absolute atomic E-state index is 12.7. The Bertz CT molecular complexity index is 750. The molecule has 7 nitrogen and oxygen atoms in total. The molecule has 2 aliphatic rings. The molecule has 2 aliphatic heterocycles. The van der Waals surface area contributed by atoms with Crippen molar-refractivity contribution in [3.63, 3.8) is 0 Å². The monoisotopic (exact) mass is 371 g/mol. The van der Waals surface area contributed by atoms with Crippen LogP contribution in [0.15, 0.2) is 45.6 Å². The van der Waals surface area contributed by atoms with Gasteiger partial charge in [0.2, 0.25) is 11.8 Å². The summed E-state index contributed by atoms with van der Waals surface area (Å²) < 4.78 is 10.9. The third kappa shape index (κ3) is 4.08. The first kappa shape index (κ1) is 17.9. The summed E-state index contributed by atoms with van der Waals surface area (Å²) in [4.78, 5) is 28.9. The summed E-state index contributed by atoms with van der Waals surface area (Å²) in [5.41, 5.74) is 0. The van der Waals surface area contributed by atoms with Gasteiger partial charge in [0.25, 0.3) is 0 Å². The van der Waals surface area contributed by atoms with E-state index in [9.17, 15) is 9.59 Å². The fourth-order valence-electron chi connectivity index (χ4n) is 3.98. The minimum absolute atomic E-state index is 0.00585. The van der Waals surface area contributed by atoms with E-state index in [1.54, 1.807) is 23.5 Å². The normalized spacial score (nSPS) is 21.7. The molecule has 0 radical (unpaired) electrons. The Morgan fingerprint density at radius 1 is 1.19 bits per heavy atom. The Kier molecular flexibility index (Phi) is 5.29. The summed E-state index contributed by atoms with van der Waals surface area (Å²) in [5.74, 6) is 1.22. The molecule has 27 heavy (non-hydrogen) atoms. The molecule has 2 unspecified atom stereocenters. The molecule has 2 amide bonds. The first-order valence-corrected chi connectivity index (χ1v) is 9.56. The van der Waals surface area contributed by atoms with E-state index in [1.165, 1.54) is 12.8 Å². The average Bonchev–Trinajstić information content (AvgIpc) is 3.45. The summed E-state index contributed by atoms with van der Waals surface area (Å²) in [6.45, 7) is 3.37. The highest BCUT2D eigenvalue weighted by molar-refractivity contribution is 5.89. The molecule has 4 rings (SSSR count). The van der Waals surface area contributed by atoms with Crippen LogP contribution in [-0.4, -0.2) is 47.8 Å². The van der Waals surface area contributed by atoms with Crippen molar-refractivity contribution in [2.75, 3.05) is 26.2 Å². The van der Waals surface area contributed by atoms with Crippen molar-refractivity contribution >= 4 is 11.8 Å². The first-order chi connectivity index (χ1) is 13.2. The number of amides is 2. The highest BCUT2D eigenvalue weighted by Crippen LogP contribution is 2.26. The van der Waals surface area contributed by atoms with Gasteiger partial charge in [0, 0.05) is 19.5 Å². The summed E-state index contributed by atoms with van der Waals surface area (Å²) in [6.07, 6.45) is 5.85. The Morgan fingerprint density at radius 3 is 2.67 bits per heavy atom. The molecule has 0 aliphatic carbocycles. The van der Waals surface area contributed by atoms with Crippen LogP contribution in [0.5, 0.6) is 0 Å². The summed E-state index contributed by atoms with van der Waals surface area (Å²) in [7, 11) is 0. The van der Waals surface area contributed by atoms with Crippen LogP contribution in [0, 0.1) is 5.92 Å². The highest BCUT2D eigenvalue weighted by Gasteiger charge is 2.35. The minimum Gasteiger partial charge on any atom is -0.468 e. The lowest BCUT2D eigenvalue weighted by Gasteiger charge is -2.26. The molecule has 4 heterocycles. The Labute approximate surface area is 158 Å². The van der Waals surface area contributed by atoms with Crippen molar-refractivity contribution < 1.29 is 18.4 Å². The van der Waals surface area contributed by atoms with E-state index in [0.717, 1.165) is 24.6 Å². The van der Waals surface area contributed by atoms with Gasteiger partial charge in [-0.05, 0) is 50.2 Å². The second-order valence-corrected chi connectivity index (χ2v) is 7.27. The maximum Gasteiger partial charge on any atom is 0.225 e. The number of hydrogen-bond donors (Lipinski definition) is 1. The molecule has 7 heteroatoms. The van der Waals surface area contributed by atoms with Crippen LogP contribution < -0.4 is 5.32 Å². The molecule has 2 aromatic rings. The van der Waals surface area contributed by atoms with Crippen molar-refractivity contribution in [3.8, 4) is 0 Å². The van der Waals surface area contributed by atoms with Gasteiger partial charge in [-0.25, -0.2) is 0 Å². The Hall–Kier alpha value is -2.54. The van der Waals surface area contributed by atoms with Crippen molar-refractivity contribution in [2.24, 2.45) is 5.92 Å². The molecule has 2 fully saturated rings. The number of hydrogen-bond acceptors (Lipinski definition) is 5. The van der Waals surface area contributed by atoms with E-state index >= 15 is 0 Å². The largest absolute Gasteiger partial charge is 0.468 e. The van der Waals surface area contributed by atoms with Gasteiger partial charge in [0.05, 0.1) is 31.0 Å². The predicted molar refractivity (Wildman–Crippen MR) is 97.5 cm³/mol. The van der Waals surface area contributed by atoms with Crippen LogP contribution in [0.25, 0.3) is 0 Å². The van der Waals surface area contributed by atoms with E-state index in [-0.39, 0.29) is 30.2 Å². The SMILES string of the molecule is O=C(NCC(c1ccco1)N1CCCC1)C1CC(=O)N(Cc2ccco2)C1. The number of carbonyl (C=O) groups excluding carboxylic acids is 2. The molecule has 0 saturated carbocycles. The molecule has 1 N–H and O–H groups in total. The third-order valence-corrected chi connectivity index (χ3v) is 5.43. The number of furan rings is 2. The number of rotatable bonds is 7. The number of nitrogens with zero attached hydrogens (tertiary/aromatic N) is 2. The van der Waals surface area contributed by atoms with Crippen LogP contribution in [0.4, 0.5) is 0 Å². The number of likely N-dealkylation sites (tertiary alicyclic amines) is 2. The number of carbonyl (C=O) groups is 2. The molecule has 2 saturated heterocycles. The van der Waals surface area contributed by atoms with Crippen LogP contribution in [0.2, 0.25) is 0 Å².